The summed E-state index contributed by atoms with van der Waals surface area (Å²) >= 11 is 1.45. The van der Waals surface area contributed by atoms with Gasteiger partial charge in [-0.2, -0.15) is 0 Å². The second-order valence-electron chi connectivity index (χ2n) is 7.77. The first-order valence-corrected chi connectivity index (χ1v) is 11.2. The average Bonchev–Trinajstić information content (AvgIpc) is 3.16. The number of nitrogens with zero attached hydrogens (tertiary/aromatic N) is 3. The fourth-order valence-electron chi connectivity index (χ4n) is 3.64. The maximum Gasteiger partial charge on any atom is 0.265 e. The van der Waals surface area contributed by atoms with Gasteiger partial charge in [-0.15, -0.1) is 11.3 Å². The number of piperazine rings is 1. The Labute approximate surface area is 181 Å². The zero-order chi connectivity index (χ0) is 21.1. The quantitative estimate of drug-likeness (QED) is 0.577. The Morgan fingerprint density at radius 2 is 1.67 bits per heavy atom. The van der Waals surface area contributed by atoms with Gasteiger partial charge < -0.3 is 9.64 Å². The number of carbonyl (C=O) groups excluding carboxylic acids is 1. The molecule has 2 heterocycles. The Morgan fingerprint density at radius 3 is 2.37 bits per heavy atom. The molecular weight excluding hydrogens is 394 g/mol. The number of aryl methyl sites for hydroxylation is 1. The Hall–Kier alpha value is -2.70. The first-order chi connectivity index (χ1) is 14.5. The predicted octanol–water partition coefficient (Wildman–Crippen LogP) is 5.08. The lowest BCUT2D eigenvalue weighted by Gasteiger charge is -2.36. The Morgan fingerprint density at radius 1 is 1.00 bits per heavy atom. The number of ether oxygens (including phenoxy) is 1. The van der Waals surface area contributed by atoms with Crippen LogP contribution in [0.25, 0.3) is 10.6 Å². The van der Waals surface area contributed by atoms with Crippen LogP contribution in [0.4, 0.5) is 0 Å². The van der Waals surface area contributed by atoms with Gasteiger partial charge in [-0.25, -0.2) is 4.98 Å². The van der Waals surface area contributed by atoms with Crippen molar-refractivity contribution < 1.29 is 9.53 Å². The number of hydrogen-bond donors (Lipinski definition) is 0. The molecule has 1 saturated heterocycles. The molecule has 6 heteroatoms. The predicted molar refractivity (Wildman–Crippen MR) is 121 cm³/mol. The van der Waals surface area contributed by atoms with Crippen LogP contribution in [0.3, 0.4) is 0 Å². The topological polar surface area (TPSA) is 45.7 Å². The van der Waals surface area contributed by atoms with E-state index in [0.717, 1.165) is 58.8 Å². The maximum absolute atomic E-state index is 13.2. The van der Waals surface area contributed by atoms with E-state index < -0.39 is 0 Å². The molecule has 1 aliphatic rings. The second-order valence-corrected chi connectivity index (χ2v) is 8.77. The van der Waals surface area contributed by atoms with Crippen LogP contribution in [-0.2, 0) is 0 Å². The molecule has 0 saturated carbocycles. The Balaban J connectivity index is 1.56. The van der Waals surface area contributed by atoms with Crippen molar-refractivity contribution >= 4 is 17.2 Å². The fourth-order valence-corrected chi connectivity index (χ4v) is 4.71. The van der Waals surface area contributed by atoms with E-state index >= 15 is 0 Å². The SMILES string of the molecule is Cc1nc(-c2ccccc2Oc2ccccc2)sc1C(=O)N1CCN(C(C)C)CC1. The number of benzene rings is 2. The number of rotatable bonds is 5. The van der Waals surface area contributed by atoms with Crippen LogP contribution in [0.5, 0.6) is 11.5 Å². The number of para-hydroxylation sites is 2. The van der Waals surface area contributed by atoms with Crippen molar-refractivity contribution in [2.24, 2.45) is 0 Å². The summed E-state index contributed by atoms with van der Waals surface area (Å²) in [7, 11) is 0. The third-order valence-corrected chi connectivity index (χ3v) is 6.59. The van der Waals surface area contributed by atoms with Gasteiger partial charge in [-0.3, -0.25) is 9.69 Å². The smallest absolute Gasteiger partial charge is 0.265 e. The van der Waals surface area contributed by atoms with Crippen molar-refractivity contribution in [2.75, 3.05) is 26.2 Å². The minimum atomic E-state index is 0.0844. The molecule has 1 amide bonds. The minimum Gasteiger partial charge on any atom is -0.457 e. The van der Waals surface area contributed by atoms with Crippen LogP contribution in [-0.4, -0.2) is 52.9 Å². The van der Waals surface area contributed by atoms with Crippen LogP contribution in [0.2, 0.25) is 0 Å². The lowest BCUT2D eigenvalue weighted by molar-refractivity contribution is 0.0599. The summed E-state index contributed by atoms with van der Waals surface area (Å²) in [6, 6.07) is 18.1. The van der Waals surface area contributed by atoms with E-state index in [9.17, 15) is 4.79 Å². The number of aromatic nitrogens is 1. The van der Waals surface area contributed by atoms with Gasteiger partial charge in [0.05, 0.1) is 11.3 Å². The molecular formula is C24H27N3O2S. The van der Waals surface area contributed by atoms with Gasteiger partial charge in [0, 0.05) is 32.2 Å². The molecule has 5 nitrogen and oxygen atoms in total. The van der Waals surface area contributed by atoms with Crippen molar-refractivity contribution in [3.63, 3.8) is 0 Å². The van der Waals surface area contributed by atoms with Gasteiger partial charge in [0.15, 0.2) is 0 Å². The second kappa shape index (κ2) is 8.98. The van der Waals surface area contributed by atoms with Crippen molar-refractivity contribution in [1.29, 1.82) is 0 Å². The Bertz CT molecular complexity index is 1010. The normalized spacial score (nSPS) is 14.9. The molecule has 1 fully saturated rings. The number of amides is 1. The van der Waals surface area contributed by atoms with Gasteiger partial charge >= 0.3 is 0 Å². The summed E-state index contributed by atoms with van der Waals surface area (Å²) in [4.78, 5) is 23.0. The molecule has 2 aromatic carbocycles. The zero-order valence-corrected chi connectivity index (χ0v) is 18.5. The lowest BCUT2D eigenvalue weighted by atomic mass is 10.2. The largest absolute Gasteiger partial charge is 0.457 e. The summed E-state index contributed by atoms with van der Waals surface area (Å²) in [6.07, 6.45) is 0. The van der Waals surface area contributed by atoms with Crippen LogP contribution in [0, 0.1) is 6.92 Å². The maximum atomic E-state index is 13.2. The summed E-state index contributed by atoms with van der Waals surface area (Å²) in [5.74, 6) is 1.60. The van der Waals surface area contributed by atoms with E-state index in [1.54, 1.807) is 0 Å². The third-order valence-electron chi connectivity index (χ3n) is 5.41. The molecule has 0 aliphatic carbocycles. The van der Waals surface area contributed by atoms with E-state index in [-0.39, 0.29) is 5.91 Å². The number of carbonyl (C=O) groups is 1. The number of thiazole rings is 1. The highest BCUT2D eigenvalue weighted by molar-refractivity contribution is 7.17. The minimum absolute atomic E-state index is 0.0844. The molecule has 4 rings (SSSR count). The molecule has 156 valence electrons. The lowest BCUT2D eigenvalue weighted by Crippen LogP contribution is -2.50. The van der Waals surface area contributed by atoms with Crippen molar-refractivity contribution in [3.8, 4) is 22.1 Å². The first-order valence-electron chi connectivity index (χ1n) is 10.4. The monoisotopic (exact) mass is 421 g/mol. The van der Waals surface area contributed by atoms with E-state index in [1.165, 1.54) is 11.3 Å². The van der Waals surface area contributed by atoms with Gasteiger partial charge in [-0.1, -0.05) is 30.3 Å². The molecule has 0 N–H and O–H groups in total. The van der Waals surface area contributed by atoms with Crippen molar-refractivity contribution in [2.45, 2.75) is 26.8 Å². The third kappa shape index (κ3) is 4.40. The molecule has 0 bridgehead atoms. The van der Waals surface area contributed by atoms with E-state index in [2.05, 4.69) is 18.7 Å². The van der Waals surface area contributed by atoms with Crippen molar-refractivity contribution in [3.05, 3.63) is 65.2 Å². The molecule has 0 unspecified atom stereocenters. The molecule has 0 radical (unpaired) electrons. The van der Waals surface area contributed by atoms with Crippen molar-refractivity contribution in [1.82, 2.24) is 14.8 Å². The fraction of sp³-hybridized carbons (Fsp3) is 0.333. The highest BCUT2D eigenvalue weighted by atomic mass is 32.1. The Kier molecular flexibility index (Phi) is 6.16. The standard InChI is InChI=1S/C24H27N3O2S/c1-17(2)26-13-15-27(16-14-26)24(28)22-18(3)25-23(30-22)20-11-7-8-12-21(20)29-19-9-5-4-6-10-19/h4-12,17H,13-16H2,1-3H3. The highest BCUT2D eigenvalue weighted by Crippen LogP contribution is 2.37. The van der Waals surface area contributed by atoms with Gasteiger partial charge in [0.1, 0.15) is 21.4 Å². The van der Waals surface area contributed by atoms with Crippen LogP contribution in [0.1, 0.15) is 29.2 Å². The summed E-state index contributed by atoms with van der Waals surface area (Å²) < 4.78 is 6.09. The zero-order valence-electron chi connectivity index (χ0n) is 17.7. The number of hydrogen-bond acceptors (Lipinski definition) is 5. The van der Waals surface area contributed by atoms with Crippen LogP contribution in [0.15, 0.2) is 54.6 Å². The van der Waals surface area contributed by atoms with Gasteiger partial charge in [0.2, 0.25) is 0 Å². The summed E-state index contributed by atoms with van der Waals surface area (Å²) in [6.45, 7) is 9.68. The highest BCUT2D eigenvalue weighted by Gasteiger charge is 2.26. The van der Waals surface area contributed by atoms with E-state index in [4.69, 9.17) is 9.72 Å². The molecule has 1 aromatic heterocycles. The molecule has 3 aromatic rings. The first kappa shape index (κ1) is 20.6. The van der Waals surface area contributed by atoms with Gasteiger partial charge in [0.25, 0.3) is 5.91 Å². The molecule has 1 aliphatic heterocycles. The van der Waals surface area contributed by atoms with Crippen LogP contribution >= 0.6 is 11.3 Å². The average molecular weight is 422 g/mol. The van der Waals surface area contributed by atoms with Gasteiger partial charge in [-0.05, 0) is 45.0 Å². The summed E-state index contributed by atoms with van der Waals surface area (Å²) in [5.41, 5.74) is 1.68. The van der Waals surface area contributed by atoms with Crippen LogP contribution < -0.4 is 4.74 Å². The molecule has 30 heavy (non-hydrogen) atoms. The summed E-state index contributed by atoms with van der Waals surface area (Å²) in [5, 5.41) is 0.809. The van der Waals surface area contributed by atoms with E-state index in [1.807, 2.05) is 66.4 Å². The molecule has 0 atom stereocenters. The van der Waals surface area contributed by atoms with E-state index in [0.29, 0.717) is 6.04 Å². The molecule has 0 spiro atoms.